The molecule has 0 saturated heterocycles. The van der Waals surface area contributed by atoms with Gasteiger partial charge in [0.1, 0.15) is 0 Å². The van der Waals surface area contributed by atoms with E-state index in [9.17, 15) is 18.0 Å². The number of hydrogen-bond acceptors (Lipinski definition) is 4. The fourth-order valence-corrected chi connectivity index (χ4v) is 5.22. The van der Waals surface area contributed by atoms with Crippen LogP contribution in [0.4, 0.5) is 5.69 Å². The summed E-state index contributed by atoms with van der Waals surface area (Å²) in [6.45, 7) is 4.82. The predicted octanol–water partition coefficient (Wildman–Crippen LogP) is 2.44. The molecule has 0 aliphatic carbocycles. The van der Waals surface area contributed by atoms with E-state index >= 15 is 0 Å². The maximum atomic E-state index is 12.7. The molecule has 0 fully saturated rings. The van der Waals surface area contributed by atoms with Gasteiger partial charge in [0.2, 0.25) is 11.8 Å². The third kappa shape index (κ3) is 4.61. The Balaban J connectivity index is 2.24. The molecule has 2 rings (SSSR count). The summed E-state index contributed by atoms with van der Waals surface area (Å²) in [5.74, 6) is -0.560. The normalized spacial score (nSPS) is 13.6. The molecule has 1 aromatic carbocycles. The van der Waals surface area contributed by atoms with Crippen molar-refractivity contribution in [2.45, 2.75) is 44.4 Å². The monoisotopic (exact) mass is 430 g/mol. The van der Waals surface area contributed by atoms with Crippen LogP contribution in [0.2, 0.25) is 0 Å². The quantitative estimate of drug-likeness (QED) is 0.719. The van der Waals surface area contributed by atoms with E-state index in [1.807, 2.05) is 6.92 Å². The first kappa shape index (κ1) is 19.9. The van der Waals surface area contributed by atoms with Crippen molar-refractivity contribution >= 4 is 43.3 Å². The van der Waals surface area contributed by atoms with Crippen LogP contribution in [0.1, 0.15) is 38.7 Å². The Labute approximate surface area is 157 Å². The van der Waals surface area contributed by atoms with Gasteiger partial charge in [0.05, 0.1) is 10.6 Å². The van der Waals surface area contributed by atoms with Crippen LogP contribution in [0.5, 0.6) is 0 Å². The van der Waals surface area contributed by atoms with Gasteiger partial charge in [-0.2, -0.15) is 0 Å². The van der Waals surface area contributed by atoms with Gasteiger partial charge < -0.3 is 10.2 Å². The number of nitrogens with one attached hydrogen (secondary N) is 1. The lowest BCUT2D eigenvalue weighted by atomic mass is 10.2. The van der Waals surface area contributed by atoms with Crippen LogP contribution in [0.25, 0.3) is 0 Å². The van der Waals surface area contributed by atoms with Crippen LogP contribution >= 0.6 is 15.9 Å². The third-order valence-corrected chi connectivity index (χ3v) is 6.81. The maximum absolute atomic E-state index is 12.7. The molecule has 1 heterocycles. The van der Waals surface area contributed by atoms with E-state index in [-0.39, 0.29) is 28.9 Å². The van der Waals surface area contributed by atoms with Gasteiger partial charge in [0, 0.05) is 36.1 Å². The van der Waals surface area contributed by atoms with Crippen molar-refractivity contribution in [3.63, 3.8) is 0 Å². The van der Waals surface area contributed by atoms with Gasteiger partial charge in [-0.3, -0.25) is 9.59 Å². The number of carbonyl (C=O) groups excluding carboxylic acids is 2. The van der Waals surface area contributed by atoms with Gasteiger partial charge in [-0.05, 0) is 46.5 Å². The lowest BCUT2D eigenvalue weighted by Gasteiger charge is -2.18. The first-order valence-electron chi connectivity index (χ1n) is 8.42. The van der Waals surface area contributed by atoms with Crippen molar-refractivity contribution in [2.24, 2.45) is 0 Å². The summed E-state index contributed by atoms with van der Waals surface area (Å²) in [4.78, 5) is 25.5. The number of rotatable bonds is 7. The highest BCUT2D eigenvalue weighted by Crippen LogP contribution is 2.36. The molecule has 1 aliphatic heterocycles. The zero-order chi connectivity index (χ0) is 18.6. The molecule has 0 spiro atoms. The van der Waals surface area contributed by atoms with Crippen LogP contribution < -0.4 is 10.2 Å². The number of halogens is 1. The van der Waals surface area contributed by atoms with Gasteiger partial charge in [-0.1, -0.05) is 13.8 Å². The number of fused-ring (bicyclic) bond motifs is 1. The van der Waals surface area contributed by atoms with Crippen molar-refractivity contribution in [3.8, 4) is 0 Å². The molecule has 6 nitrogen and oxygen atoms in total. The van der Waals surface area contributed by atoms with Crippen LogP contribution in [0.3, 0.4) is 0 Å². The molecule has 2 amide bonds. The number of benzene rings is 1. The smallest absolute Gasteiger partial charge is 0.226 e. The Hall–Kier alpha value is -1.41. The fourth-order valence-electron chi connectivity index (χ4n) is 2.77. The van der Waals surface area contributed by atoms with E-state index in [1.165, 1.54) is 0 Å². The molecule has 1 N–H and O–H groups in total. The highest BCUT2D eigenvalue weighted by molar-refractivity contribution is 9.10. The Bertz CT molecular complexity index is 777. The second-order valence-electron chi connectivity index (χ2n) is 5.98. The summed E-state index contributed by atoms with van der Waals surface area (Å²) in [6.07, 6.45) is 1.80. The van der Waals surface area contributed by atoms with Crippen LogP contribution in [-0.4, -0.2) is 39.1 Å². The summed E-state index contributed by atoms with van der Waals surface area (Å²) >= 11 is 3.33. The van der Waals surface area contributed by atoms with Crippen molar-refractivity contribution in [3.05, 3.63) is 22.2 Å². The van der Waals surface area contributed by atoms with Crippen LogP contribution in [-0.2, 0) is 25.8 Å². The molecule has 0 unspecified atom stereocenters. The minimum absolute atomic E-state index is 0.0247. The third-order valence-electron chi connectivity index (χ3n) is 4.14. The van der Waals surface area contributed by atoms with Gasteiger partial charge in [-0.25, -0.2) is 8.42 Å². The van der Waals surface area contributed by atoms with E-state index in [0.717, 1.165) is 12.0 Å². The molecule has 1 aliphatic rings. The summed E-state index contributed by atoms with van der Waals surface area (Å²) in [5.41, 5.74) is 1.61. The van der Waals surface area contributed by atoms with Gasteiger partial charge in [0.25, 0.3) is 0 Å². The van der Waals surface area contributed by atoms with E-state index < -0.39 is 9.84 Å². The summed E-state index contributed by atoms with van der Waals surface area (Å²) in [6, 6.07) is 3.32. The first-order chi connectivity index (χ1) is 11.8. The van der Waals surface area contributed by atoms with E-state index in [0.29, 0.717) is 36.1 Å². The minimum atomic E-state index is -3.63. The van der Waals surface area contributed by atoms with E-state index in [1.54, 1.807) is 24.0 Å². The molecular weight excluding hydrogens is 408 g/mol. The second-order valence-corrected chi connectivity index (χ2v) is 8.91. The predicted molar refractivity (Wildman–Crippen MR) is 100 cm³/mol. The molecule has 0 bridgehead atoms. The molecule has 0 saturated carbocycles. The molecule has 0 aromatic heterocycles. The van der Waals surface area contributed by atoms with Crippen molar-refractivity contribution in [1.82, 2.24) is 5.32 Å². The topological polar surface area (TPSA) is 83.6 Å². The largest absolute Gasteiger partial charge is 0.356 e. The van der Waals surface area contributed by atoms with Gasteiger partial charge in [0.15, 0.2) is 9.84 Å². The number of anilines is 1. The molecule has 8 heteroatoms. The van der Waals surface area contributed by atoms with Gasteiger partial charge in [-0.15, -0.1) is 0 Å². The molecule has 1 aromatic rings. The lowest BCUT2D eigenvalue weighted by Crippen LogP contribution is -2.28. The zero-order valence-electron chi connectivity index (χ0n) is 14.5. The highest BCUT2D eigenvalue weighted by Gasteiger charge is 2.28. The van der Waals surface area contributed by atoms with E-state index in [2.05, 4.69) is 21.2 Å². The zero-order valence-corrected chi connectivity index (χ0v) is 16.9. The Morgan fingerprint density at radius 2 is 2.00 bits per heavy atom. The maximum Gasteiger partial charge on any atom is 0.226 e. The van der Waals surface area contributed by atoms with Gasteiger partial charge >= 0.3 is 0 Å². The highest BCUT2D eigenvalue weighted by atomic mass is 79.9. The summed E-state index contributed by atoms with van der Waals surface area (Å²) in [7, 11) is -3.63. The number of carbonyl (C=O) groups is 2. The van der Waals surface area contributed by atoms with Crippen molar-refractivity contribution in [1.29, 1.82) is 0 Å². The standard InChI is InChI=1S/C17H23BrN2O4S/c1-3-7-19-16(21)6-9-25(23,24)15-11-14-12(10-13(15)18)5-8-20(14)17(22)4-2/h10-11H,3-9H2,1-2H3,(H,19,21). The number of amides is 2. The fraction of sp³-hybridized carbons (Fsp3) is 0.529. The van der Waals surface area contributed by atoms with Crippen LogP contribution in [0, 0.1) is 0 Å². The second kappa shape index (κ2) is 8.31. The van der Waals surface area contributed by atoms with Crippen LogP contribution in [0.15, 0.2) is 21.5 Å². The minimum Gasteiger partial charge on any atom is -0.356 e. The average Bonchev–Trinajstić information content (AvgIpc) is 2.99. The molecule has 138 valence electrons. The lowest BCUT2D eigenvalue weighted by molar-refractivity contribution is -0.120. The number of sulfone groups is 1. The number of hydrogen-bond donors (Lipinski definition) is 1. The van der Waals surface area contributed by atoms with Crippen molar-refractivity contribution in [2.75, 3.05) is 23.7 Å². The molecular formula is C17H23BrN2O4S. The first-order valence-corrected chi connectivity index (χ1v) is 10.9. The molecule has 0 radical (unpaired) electrons. The number of nitrogens with zero attached hydrogens (tertiary/aromatic N) is 1. The Morgan fingerprint density at radius 3 is 2.64 bits per heavy atom. The Kier molecular flexibility index (Phi) is 6.62. The average molecular weight is 431 g/mol. The summed E-state index contributed by atoms with van der Waals surface area (Å²) in [5, 5.41) is 2.67. The van der Waals surface area contributed by atoms with Crippen molar-refractivity contribution < 1.29 is 18.0 Å². The molecule has 0 atom stereocenters. The molecule has 25 heavy (non-hydrogen) atoms. The summed E-state index contributed by atoms with van der Waals surface area (Å²) < 4.78 is 25.8. The Morgan fingerprint density at radius 1 is 1.28 bits per heavy atom. The SMILES string of the molecule is CCCNC(=O)CCS(=O)(=O)c1cc2c(cc1Br)CCN2C(=O)CC. The van der Waals surface area contributed by atoms with E-state index in [4.69, 9.17) is 0 Å².